The van der Waals surface area contributed by atoms with Gasteiger partial charge in [0.05, 0.1) is 24.9 Å². The van der Waals surface area contributed by atoms with Crippen molar-refractivity contribution in [3.8, 4) is 11.5 Å². The van der Waals surface area contributed by atoms with Crippen LogP contribution in [0.4, 0.5) is 0 Å². The minimum absolute atomic E-state index is 0.0983. The summed E-state index contributed by atoms with van der Waals surface area (Å²) >= 11 is 0. The molecular formula is C15H22O4. The zero-order chi connectivity index (χ0) is 14.3. The van der Waals surface area contributed by atoms with Crippen LogP contribution in [0.1, 0.15) is 44.5 Å². The van der Waals surface area contributed by atoms with E-state index in [1.807, 2.05) is 27.7 Å². The molecule has 0 radical (unpaired) electrons. The molecule has 106 valence electrons. The average molecular weight is 266 g/mol. The third-order valence-electron chi connectivity index (χ3n) is 2.62. The van der Waals surface area contributed by atoms with Gasteiger partial charge in [-0.25, -0.2) is 4.79 Å². The number of ether oxygens (including phenoxy) is 3. The van der Waals surface area contributed by atoms with E-state index >= 15 is 0 Å². The number of carbonyl (C=O) groups excluding carboxylic acids is 1. The summed E-state index contributed by atoms with van der Waals surface area (Å²) in [6.07, 6.45) is 0.689. The van der Waals surface area contributed by atoms with Gasteiger partial charge in [-0.1, -0.05) is 6.92 Å². The van der Waals surface area contributed by atoms with E-state index in [0.29, 0.717) is 30.3 Å². The van der Waals surface area contributed by atoms with E-state index in [9.17, 15) is 4.79 Å². The van der Waals surface area contributed by atoms with Crippen LogP contribution in [0.5, 0.6) is 11.5 Å². The van der Waals surface area contributed by atoms with Crippen molar-refractivity contribution < 1.29 is 19.0 Å². The molecule has 0 saturated heterocycles. The highest BCUT2D eigenvalue weighted by molar-refractivity contribution is 5.90. The van der Waals surface area contributed by atoms with Crippen LogP contribution < -0.4 is 9.47 Å². The second-order valence-electron chi connectivity index (χ2n) is 4.18. The summed E-state index contributed by atoms with van der Waals surface area (Å²) in [4.78, 5) is 12.0. The fourth-order valence-electron chi connectivity index (χ4n) is 1.52. The molecule has 0 aliphatic carbocycles. The normalized spacial score (nSPS) is 11.8. The molecule has 0 aromatic heterocycles. The van der Waals surface area contributed by atoms with E-state index < -0.39 is 0 Å². The lowest BCUT2D eigenvalue weighted by molar-refractivity contribution is 0.0333. The molecule has 0 amide bonds. The summed E-state index contributed by atoms with van der Waals surface area (Å²) in [7, 11) is 0. The Bertz CT molecular complexity index is 390. The molecule has 1 unspecified atom stereocenters. The number of hydrogen-bond donors (Lipinski definition) is 0. The molecule has 0 aliphatic heterocycles. The maximum absolute atomic E-state index is 12.0. The lowest BCUT2D eigenvalue weighted by Crippen LogP contribution is -2.14. The van der Waals surface area contributed by atoms with Crippen molar-refractivity contribution in [2.24, 2.45) is 0 Å². The molecule has 4 heteroatoms. The average Bonchev–Trinajstić information content (AvgIpc) is 2.39. The van der Waals surface area contributed by atoms with Gasteiger partial charge in [-0.05, 0) is 39.3 Å². The van der Waals surface area contributed by atoms with Crippen LogP contribution in [0.2, 0.25) is 0 Å². The van der Waals surface area contributed by atoms with E-state index in [-0.39, 0.29) is 12.1 Å². The molecule has 0 N–H and O–H groups in total. The van der Waals surface area contributed by atoms with Crippen LogP contribution >= 0.6 is 0 Å². The third-order valence-corrected chi connectivity index (χ3v) is 2.62. The highest BCUT2D eigenvalue weighted by Crippen LogP contribution is 2.24. The zero-order valence-electron chi connectivity index (χ0n) is 12.1. The fourth-order valence-corrected chi connectivity index (χ4v) is 1.52. The first-order chi connectivity index (χ1) is 9.10. The molecule has 1 rings (SSSR count). The van der Waals surface area contributed by atoms with Crippen LogP contribution in [-0.2, 0) is 4.74 Å². The van der Waals surface area contributed by atoms with E-state index in [2.05, 4.69) is 0 Å². The van der Waals surface area contributed by atoms with Crippen molar-refractivity contribution in [3.63, 3.8) is 0 Å². The smallest absolute Gasteiger partial charge is 0.338 e. The van der Waals surface area contributed by atoms with Gasteiger partial charge in [-0.3, -0.25) is 0 Å². The van der Waals surface area contributed by atoms with Crippen molar-refractivity contribution in [2.45, 2.75) is 40.2 Å². The Balaban J connectivity index is 2.94. The van der Waals surface area contributed by atoms with E-state index in [1.165, 1.54) is 0 Å². The van der Waals surface area contributed by atoms with Gasteiger partial charge in [-0.2, -0.15) is 0 Å². The monoisotopic (exact) mass is 266 g/mol. The Labute approximate surface area is 114 Å². The van der Waals surface area contributed by atoms with Gasteiger partial charge < -0.3 is 14.2 Å². The van der Waals surface area contributed by atoms with Crippen molar-refractivity contribution in [2.75, 3.05) is 13.2 Å². The topological polar surface area (TPSA) is 44.8 Å². The van der Waals surface area contributed by atoms with Gasteiger partial charge in [0, 0.05) is 6.07 Å². The van der Waals surface area contributed by atoms with Crippen molar-refractivity contribution in [3.05, 3.63) is 23.8 Å². The summed E-state index contributed by atoms with van der Waals surface area (Å²) in [5.74, 6) is 0.881. The van der Waals surface area contributed by atoms with Crippen LogP contribution in [0.25, 0.3) is 0 Å². The third kappa shape index (κ3) is 4.81. The largest absolute Gasteiger partial charge is 0.494 e. The highest BCUT2D eigenvalue weighted by atomic mass is 16.5. The Kier molecular flexibility index (Phi) is 6.19. The summed E-state index contributed by atoms with van der Waals surface area (Å²) in [5.41, 5.74) is 0.453. The Morgan fingerprint density at radius 3 is 2.00 bits per heavy atom. The molecule has 0 saturated carbocycles. The summed E-state index contributed by atoms with van der Waals surface area (Å²) in [6.45, 7) is 8.70. The lowest BCUT2D eigenvalue weighted by atomic mass is 10.2. The van der Waals surface area contributed by atoms with Gasteiger partial charge in [0.1, 0.15) is 11.5 Å². The molecule has 0 heterocycles. The maximum Gasteiger partial charge on any atom is 0.338 e. The van der Waals surface area contributed by atoms with Crippen LogP contribution in [0.15, 0.2) is 18.2 Å². The fraction of sp³-hybridized carbons (Fsp3) is 0.533. The van der Waals surface area contributed by atoms with Gasteiger partial charge >= 0.3 is 5.97 Å². The van der Waals surface area contributed by atoms with Gasteiger partial charge in [0.25, 0.3) is 0 Å². The molecular weight excluding hydrogens is 244 g/mol. The standard InChI is InChI=1S/C15H22O4/c1-5-11(4)19-15(16)12-8-13(17-6-2)10-14(9-12)18-7-3/h8-11H,5-7H2,1-4H3. The molecule has 1 aromatic carbocycles. The molecule has 1 aromatic rings. The van der Waals surface area contributed by atoms with Crippen LogP contribution in [0, 0.1) is 0 Å². The number of hydrogen-bond acceptors (Lipinski definition) is 4. The predicted octanol–water partition coefficient (Wildman–Crippen LogP) is 3.44. The Morgan fingerprint density at radius 1 is 1.05 bits per heavy atom. The van der Waals surface area contributed by atoms with E-state index in [1.54, 1.807) is 18.2 Å². The second kappa shape index (κ2) is 7.67. The first kappa shape index (κ1) is 15.3. The van der Waals surface area contributed by atoms with E-state index in [4.69, 9.17) is 14.2 Å². The molecule has 19 heavy (non-hydrogen) atoms. The number of rotatable bonds is 7. The zero-order valence-corrected chi connectivity index (χ0v) is 12.1. The lowest BCUT2D eigenvalue weighted by Gasteiger charge is -2.13. The highest BCUT2D eigenvalue weighted by Gasteiger charge is 2.14. The minimum atomic E-state index is -0.350. The van der Waals surface area contributed by atoms with Crippen molar-refractivity contribution >= 4 is 5.97 Å². The summed E-state index contributed by atoms with van der Waals surface area (Å²) in [5, 5.41) is 0. The number of carbonyl (C=O) groups is 1. The number of esters is 1. The van der Waals surface area contributed by atoms with Crippen molar-refractivity contribution in [1.29, 1.82) is 0 Å². The van der Waals surface area contributed by atoms with Gasteiger partial charge in [-0.15, -0.1) is 0 Å². The maximum atomic E-state index is 12.0. The van der Waals surface area contributed by atoms with Gasteiger partial charge in [0.15, 0.2) is 0 Å². The molecule has 4 nitrogen and oxygen atoms in total. The minimum Gasteiger partial charge on any atom is -0.494 e. The SMILES string of the molecule is CCOc1cc(OCC)cc(C(=O)OC(C)CC)c1. The van der Waals surface area contributed by atoms with Crippen LogP contribution in [-0.4, -0.2) is 25.3 Å². The molecule has 0 fully saturated rings. The first-order valence-electron chi connectivity index (χ1n) is 6.72. The second-order valence-corrected chi connectivity index (χ2v) is 4.18. The Morgan fingerprint density at radius 2 is 1.58 bits per heavy atom. The first-order valence-corrected chi connectivity index (χ1v) is 6.72. The van der Waals surface area contributed by atoms with Crippen LogP contribution in [0.3, 0.4) is 0 Å². The molecule has 1 atom stereocenters. The molecule has 0 bridgehead atoms. The quantitative estimate of drug-likeness (QED) is 0.709. The molecule has 0 spiro atoms. The number of benzene rings is 1. The summed E-state index contributed by atoms with van der Waals surface area (Å²) < 4.78 is 16.2. The van der Waals surface area contributed by atoms with E-state index in [0.717, 1.165) is 6.42 Å². The predicted molar refractivity (Wildman–Crippen MR) is 73.9 cm³/mol. The Hall–Kier alpha value is -1.71. The summed E-state index contributed by atoms with van der Waals surface area (Å²) in [6, 6.07) is 5.13. The van der Waals surface area contributed by atoms with Gasteiger partial charge in [0.2, 0.25) is 0 Å². The van der Waals surface area contributed by atoms with Crippen molar-refractivity contribution in [1.82, 2.24) is 0 Å². The molecule has 0 aliphatic rings.